The smallest absolute Gasteiger partial charge is 0.295 e. The SMILES string of the molecule is CCOc1cccc(C2/C(=C(\O)c3cc(OC)ccc3OC)C(=O)C(=O)N2C2CCCC2)c1. The van der Waals surface area contributed by atoms with Gasteiger partial charge in [-0.3, -0.25) is 9.59 Å². The van der Waals surface area contributed by atoms with E-state index in [4.69, 9.17) is 14.2 Å². The van der Waals surface area contributed by atoms with E-state index in [1.807, 2.05) is 31.2 Å². The quantitative estimate of drug-likeness (QED) is 0.380. The highest BCUT2D eigenvalue weighted by Crippen LogP contribution is 2.45. The van der Waals surface area contributed by atoms with Crippen LogP contribution >= 0.6 is 0 Å². The number of nitrogens with zero attached hydrogens (tertiary/aromatic N) is 1. The van der Waals surface area contributed by atoms with Crippen molar-refractivity contribution in [1.82, 2.24) is 4.90 Å². The first kappa shape index (κ1) is 22.7. The maximum Gasteiger partial charge on any atom is 0.295 e. The van der Waals surface area contributed by atoms with Crippen LogP contribution in [0, 0.1) is 0 Å². The second kappa shape index (κ2) is 9.57. The van der Waals surface area contributed by atoms with E-state index in [1.54, 1.807) is 23.1 Å². The van der Waals surface area contributed by atoms with Crippen molar-refractivity contribution >= 4 is 17.4 Å². The molecule has 0 radical (unpaired) electrons. The van der Waals surface area contributed by atoms with Crippen molar-refractivity contribution in [2.45, 2.75) is 44.7 Å². The first-order valence-electron chi connectivity index (χ1n) is 11.2. The minimum absolute atomic E-state index is 0.0482. The first-order chi connectivity index (χ1) is 16.0. The fraction of sp³-hybridized carbons (Fsp3) is 0.385. The Balaban J connectivity index is 1.92. The number of likely N-dealkylation sites (tertiary alicyclic amines) is 1. The fourth-order valence-corrected chi connectivity index (χ4v) is 4.82. The van der Waals surface area contributed by atoms with Crippen molar-refractivity contribution in [3.63, 3.8) is 0 Å². The predicted octanol–water partition coefficient (Wildman–Crippen LogP) is 4.47. The number of aliphatic hydroxyl groups excluding tert-OH is 1. The van der Waals surface area contributed by atoms with E-state index >= 15 is 0 Å². The summed E-state index contributed by atoms with van der Waals surface area (Å²) in [5.41, 5.74) is 1.06. The summed E-state index contributed by atoms with van der Waals surface area (Å²) >= 11 is 0. The van der Waals surface area contributed by atoms with Crippen molar-refractivity contribution in [1.29, 1.82) is 0 Å². The van der Waals surface area contributed by atoms with Crippen molar-refractivity contribution in [2.75, 3.05) is 20.8 Å². The maximum absolute atomic E-state index is 13.3. The Bertz CT molecular complexity index is 1090. The molecule has 7 heteroatoms. The molecule has 1 heterocycles. The monoisotopic (exact) mass is 451 g/mol. The van der Waals surface area contributed by atoms with E-state index in [0.29, 0.717) is 29.4 Å². The minimum Gasteiger partial charge on any atom is -0.507 e. The molecule has 1 saturated carbocycles. The molecule has 1 aliphatic heterocycles. The molecule has 2 aromatic rings. The standard InChI is InChI=1S/C26H29NO6/c1-4-33-19-11-7-8-16(14-19)23-22(25(29)26(30)27(23)17-9-5-6-10-17)24(28)20-15-18(31-2)12-13-21(20)32-3/h7-8,11-15,17,23,28H,4-6,9-10H2,1-3H3/b24-22+. The minimum atomic E-state index is -0.718. The summed E-state index contributed by atoms with van der Waals surface area (Å²) in [6.07, 6.45) is 3.67. The third kappa shape index (κ3) is 4.15. The van der Waals surface area contributed by atoms with E-state index in [0.717, 1.165) is 31.2 Å². The summed E-state index contributed by atoms with van der Waals surface area (Å²) in [7, 11) is 3.00. The molecule has 4 rings (SSSR count). The molecule has 0 spiro atoms. The zero-order valence-corrected chi connectivity index (χ0v) is 19.2. The number of amides is 1. The van der Waals surface area contributed by atoms with Gasteiger partial charge in [0.25, 0.3) is 11.7 Å². The topological polar surface area (TPSA) is 85.3 Å². The number of methoxy groups -OCH3 is 2. The van der Waals surface area contributed by atoms with Gasteiger partial charge in [0.15, 0.2) is 0 Å². The zero-order valence-electron chi connectivity index (χ0n) is 19.2. The van der Waals surface area contributed by atoms with Gasteiger partial charge >= 0.3 is 0 Å². The number of Topliss-reactive ketones (excluding diaryl/α,β-unsaturated/α-hetero) is 1. The molecule has 2 aromatic carbocycles. The number of carbonyl (C=O) groups excluding carboxylic acids is 2. The Hall–Kier alpha value is -3.48. The molecule has 1 aliphatic carbocycles. The molecule has 1 saturated heterocycles. The van der Waals surface area contributed by atoms with Crippen LogP contribution in [0.1, 0.15) is 49.8 Å². The maximum atomic E-state index is 13.3. The fourth-order valence-electron chi connectivity index (χ4n) is 4.82. The van der Waals surface area contributed by atoms with Gasteiger partial charge in [0.2, 0.25) is 0 Å². The molecule has 0 bridgehead atoms. The Morgan fingerprint density at radius 3 is 2.45 bits per heavy atom. The molecular weight excluding hydrogens is 422 g/mol. The van der Waals surface area contributed by atoms with Crippen molar-refractivity contribution in [3.8, 4) is 17.2 Å². The summed E-state index contributed by atoms with van der Waals surface area (Å²) < 4.78 is 16.4. The van der Waals surface area contributed by atoms with E-state index in [2.05, 4.69) is 0 Å². The number of carbonyl (C=O) groups is 2. The van der Waals surface area contributed by atoms with Crippen LogP contribution in [0.3, 0.4) is 0 Å². The molecular formula is C26H29NO6. The number of aliphatic hydroxyl groups is 1. The Morgan fingerprint density at radius 1 is 1.03 bits per heavy atom. The molecule has 1 unspecified atom stereocenters. The summed E-state index contributed by atoms with van der Waals surface area (Å²) in [6.45, 7) is 2.39. The van der Waals surface area contributed by atoms with Crippen LogP contribution < -0.4 is 14.2 Å². The van der Waals surface area contributed by atoms with Crippen LogP contribution in [0.4, 0.5) is 0 Å². The molecule has 1 atom stereocenters. The van der Waals surface area contributed by atoms with Gasteiger partial charge in [0, 0.05) is 6.04 Å². The summed E-state index contributed by atoms with van der Waals surface area (Å²) in [4.78, 5) is 28.2. The van der Waals surface area contributed by atoms with Gasteiger partial charge in [0.1, 0.15) is 23.0 Å². The van der Waals surface area contributed by atoms with Crippen LogP contribution in [-0.4, -0.2) is 48.6 Å². The molecule has 2 fully saturated rings. The van der Waals surface area contributed by atoms with Gasteiger partial charge in [-0.2, -0.15) is 0 Å². The van der Waals surface area contributed by atoms with Gasteiger partial charge < -0.3 is 24.2 Å². The molecule has 7 nitrogen and oxygen atoms in total. The number of ether oxygens (including phenoxy) is 3. The Labute approximate surface area is 193 Å². The number of benzene rings is 2. The van der Waals surface area contributed by atoms with Gasteiger partial charge in [-0.25, -0.2) is 0 Å². The van der Waals surface area contributed by atoms with Gasteiger partial charge in [0.05, 0.1) is 38.0 Å². The third-order valence-electron chi connectivity index (χ3n) is 6.34. The summed E-state index contributed by atoms with van der Waals surface area (Å²) in [6, 6.07) is 11.5. The van der Waals surface area contributed by atoms with Crippen LogP contribution in [0.15, 0.2) is 48.0 Å². The van der Waals surface area contributed by atoms with E-state index in [9.17, 15) is 14.7 Å². The molecule has 1 amide bonds. The number of ketones is 1. The van der Waals surface area contributed by atoms with E-state index in [-0.39, 0.29) is 17.4 Å². The molecule has 1 N–H and O–H groups in total. The van der Waals surface area contributed by atoms with Crippen molar-refractivity contribution in [2.24, 2.45) is 0 Å². The second-order valence-electron chi connectivity index (χ2n) is 8.22. The van der Waals surface area contributed by atoms with Gasteiger partial charge in [-0.1, -0.05) is 25.0 Å². The lowest BCUT2D eigenvalue weighted by Gasteiger charge is -2.31. The number of hydrogen-bond acceptors (Lipinski definition) is 6. The number of rotatable bonds is 7. The van der Waals surface area contributed by atoms with E-state index < -0.39 is 17.7 Å². The lowest BCUT2D eigenvalue weighted by molar-refractivity contribution is -0.141. The lowest BCUT2D eigenvalue weighted by Crippen LogP contribution is -2.37. The largest absolute Gasteiger partial charge is 0.507 e. The number of hydrogen-bond donors (Lipinski definition) is 1. The molecule has 174 valence electrons. The highest BCUT2D eigenvalue weighted by molar-refractivity contribution is 6.46. The molecule has 33 heavy (non-hydrogen) atoms. The zero-order chi connectivity index (χ0) is 23.5. The van der Waals surface area contributed by atoms with Gasteiger partial charge in [-0.05, 0) is 55.7 Å². The Morgan fingerprint density at radius 2 is 1.79 bits per heavy atom. The second-order valence-corrected chi connectivity index (χ2v) is 8.22. The average molecular weight is 452 g/mol. The molecule has 2 aliphatic rings. The summed E-state index contributed by atoms with van der Waals surface area (Å²) in [5.74, 6) is -0.0463. The van der Waals surface area contributed by atoms with Crippen LogP contribution in [-0.2, 0) is 9.59 Å². The van der Waals surface area contributed by atoms with Crippen LogP contribution in [0.5, 0.6) is 17.2 Å². The summed E-state index contributed by atoms with van der Waals surface area (Å²) in [5, 5.41) is 11.4. The predicted molar refractivity (Wildman–Crippen MR) is 124 cm³/mol. The van der Waals surface area contributed by atoms with Gasteiger partial charge in [-0.15, -0.1) is 0 Å². The van der Waals surface area contributed by atoms with Crippen LogP contribution in [0.25, 0.3) is 5.76 Å². The highest BCUT2D eigenvalue weighted by atomic mass is 16.5. The Kier molecular flexibility index (Phi) is 6.58. The third-order valence-corrected chi connectivity index (χ3v) is 6.34. The van der Waals surface area contributed by atoms with Crippen LogP contribution in [0.2, 0.25) is 0 Å². The van der Waals surface area contributed by atoms with Crippen molar-refractivity contribution in [3.05, 3.63) is 59.2 Å². The molecule has 0 aromatic heterocycles. The normalized spacial score (nSPS) is 20.3. The average Bonchev–Trinajstić information content (AvgIpc) is 3.45. The highest BCUT2D eigenvalue weighted by Gasteiger charge is 2.49. The lowest BCUT2D eigenvalue weighted by atomic mass is 9.94. The van der Waals surface area contributed by atoms with Crippen molar-refractivity contribution < 1.29 is 28.9 Å². The first-order valence-corrected chi connectivity index (χ1v) is 11.2. The van der Waals surface area contributed by atoms with E-state index in [1.165, 1.54) is 14.2 Å².